The number of carbonyl (C=O) groups is 1. The summed E-state index contributed by atoms with van der Waals surface area (Å²) in [5, 5.41) is 0.695. The standard InChI is InChI=1S/C19H21ClN2O3S/c1-13(15-7-8-17(24-2)18(10-15)25-3)21-22-19(23)12-26-11-14-5-4-6-16(20)9-14/h4-10,21H,1,11-12H2,2-3H3,(H,22,23). The molecule has 0 saturated carbocycles. The maximum Gasteiger partial charge on any atom is 0.248 e. The zero-order valence-electron chi connectivity index (χ0n) is 14.7. The van der Waals surface area contributed by atoms with E-state index in [1.54, 1.807) is 26.4 Å². The number of thioether (sulfide) groups is 1. The van der Waals surface area contributed by atoms with Crippen molar-refractivity contribution in [2.24, 2.45) is 0 Å². The van der Waals surface area contributed by atoms with Gasteiger partial charge in [-0.2, -0.15) is 0 Å². The van der Waals surface area contributed by atoms with Crippen LogP contribution in [0.3, 0.4) is 0 Å². The van der Waals surface area contributed by atoms with E-state index in [2.05, 4.69) is 17.4 Å². The Balaban J connectivity index is 1.78. The number of rotatable bonds is 9. The number of ether oxygens (including phenoxy) is 2. The van der Waals surface area contributed by atoms with Crippen LogP contribution in [0, 0.1) is 0 Å². The van der Waals surface area contributed by atoms with Crippen LogP contribution in [0.25, 0.3) is 5.70 Å². The largest absolute Gasteiger partial charge is 0.493 e. The van der Waals surface area contributed by atoms with E-state index in [4.69, 9.17) is 21.1 Å². The highest BCUT2D eigenvalue weighted by atomic mass is 35.5. The Morgan fingerprint density at radius 1 is 1.12 bits per heavy atom. The first-order valence-corrected chi connectivity index (χ1v) is 9.35. The Morgan fingerprint density at radius 2 is 1.88 bits per heavy atom. The number of nitrogens with one attached hydrogen (secondary N) is 2. The van der Waals surface area contributed by atoms with Crippen LogP contribution < -0.4 is 20.3 Å². The molecular weight excluding hydrogens is 372 g/mol. The Kier molecular flexibility index (Phi) is 7.69. The van der Waals surface area contributed by atoms with Crippen molar-refractivity contribution in [3.8, 4) is 11.5 Å². The maximum absolute atomic E-state index is 12.0. The molecule has 2 aromatic carbocycles. The average molecular weight is 393 g/mol. The van der Waals surface area contributed by atoms with E-state index in [0.717, 1.165) is 11.1 Å². The lowest BCUT2D eigenvalue weighted by Crippen LogP contribution is -2.37. The summed E-state index contributed by atoms with van der Waals surface area (Å²) in [6.07, 6.45) is 0. The van der Waals surface area contributed by atoms with Crippen LogP contribution >= 0.6 is 23.4 Å². The Hall–Kier alpha value is -2.31. The molecule has 0 fully saturated rings. The smallest absolute Gasteiger partial charge is 0.248 e. The molecule has 0 heterocycles. The van der Waals surface area contributed by atoms with Gasteiger partial charge in [0.1, 0.15) is 0 Å². The molecule has 2 aromatic rings. The van der Waals surface area contributed by atoms with Crippen molar-refractivity contribution in [2.75, 3.05) is 20.0 Å². The molecule has 0 unspecified atom stereocenters. The average Bonchev–Trinajstić information content (AvgIpc) is 2.65. The lowest BCUT2D eigenvalue weighted by Gasteiger charge is -2.13. The highest BCUT2D eigenvalue weighted by molar-refractivity contribution is 7.99. The van der Waals surface area contributed by atoms with Crippen LogP contribution in [0.2, 0.25) is 5.02 Å². The molecule has 0 aliphatic carbocycles. The van der Waals surface area contributed by atoms with E-state index >= 15 is 0 Å². The van der Waals surface area contributed by atoms with Crippen molar-refractivity contribution in [1.29, 1.82) is 0 Å². The zero-order chi connectivity index (χ0) is 18.9. The number of carbonyl (C=O) groups excluding carboxylic acids is 1. The summed E-state index contributed by atoms with van der Waals surface area (Å²) in [4.78, 5) is 12.0. The minimum absolute atomic E-state index is 0.140. The summed E-state index contributed by atoms with van der Waals surface area (Å²) in [7, 11) is 3.14. The van der Waals surface area contributed by atoms with E-state index in [1.807, 2.05) is 30.3 Å². The second-order valence-electron chi connectivity index (χ2n) is 5.34. The molecule has 0 aromatic heterocycles. The highest BCUT2D eigenvalue weighted by Crippen LogP contribution is 2.29. The van der Waals surface area contributed by atoms with Crippen molar-refractivity contribution in [2.45, 2.75) is 5.75 Å². The number of hydrogen-bond acceptors (Lipinski definition) is 5. The van der Waals surface area contributed by atoms with Crippen LogP contribution in [-0.4, -0.2) is 25.9 Å². The fourth-order valence-corrected chi connectivity index (χ4v) is 3.15. The summed E-state index contributed by atoms with van der Waals surface area (Å²) in [6.45, 7) is 3.92. The van der Waals surface area contributed by atoms with Crippen LogP contribution in [0.1, 0.15) is 11.1 Å². The number of halogens is 1. The molecule has 0 aliphatic heterocycles. The molecule has 0 radical (unpaired) electrons. The molecule has 26 heavy (non-hydrogen) atoms. The van der Waals surface area contributed by atoms with Gasteiger partial charge in [-0.05, 0) is 35.9 Å². The van der Waals surface area contributed by atoms with Gasteiger partial charge >= 0.3 is 0 Å². The van der Waals surface area contributed by atoms with Gasteiger partial charge in [0.05, 0.1) is 25.7 Å². The van der Waals surface area contributed by atoms with Gasteiger partial charge in [-0.15, -0.1) is 11.8 Å². The van der Waals surface area contributed by atoms with Gasteiger partial charge in [0.25, 0.3) is 0 Å². The van der Waals surface area contributed by atoms with Gasteiger partial charge in [-0.1, -0.05) is 30.3 Å². The fourth-order valence-electron chi connectivity index (χ4n) is 2.17. The molecule has 2 rings (SSSR count). The number of benzene rings is 2. The van der Waals surface area contributed by atoms with Gasteiger partial charge in [-0.25, -0.2) is 0 Å². The molecule has 138 valence electrons. The summed E-state index contributed by atoms with van der Waals surface area (Å²) in [5.74, 6) is 2.11. The van der Waals surface area contributed by atoms with E-state index < -0.39 is 0 Å². The molecule has 1 amide bonds. The van der Waals surface area contributed by atoms with Crippen molar-refractivity contribution >= 4 is 35.0 Å². The van der Waals surface area contributed by atoms with E-state index in [1.165, 1.54) is 11.8 Å². The molecule has 7 heteroatoms. The van der Waals surface area contributed by atoms with Gasteiger partial charge in [0, 0.05) is 16.3 Å². The van der Waals surface area contributed by atoms with Crippen LogP contribution in [0.4, 0.5) is 0 Å². The van der Waals surface area contributed by atoms with Crippen molar-refractivity contribution in [3.63, 3.8) is 0 Å². The third-order valence-corrected chi connectivity index (χ3v) is 4.71. The first-order valence-electron chi connectivity index (χ1n) is 7.82. The summed E-state index contributed by atoms with van der Waals surface area (Å²) in [5.41, 5.74) is 7.88. The van der Waals surface area contributed by atoms with Crippen molar-refractivity contribution < 1.29 is 14.3 Å². The molecule has 0 spiro atoms. The predicted molar refractivity (Wildman–Crippen MR) is 107 cm³/mol. The predicted octanol–water partition coefficient (Wildman–Crippen LogP) is 3.88. The minimum Gasteiger partial charge on any atom is -0.493 e. The second-order valence-corrected chi connectivity index (χ2v) is 6.77. The lowest BCUT2D eigenvalue weighted by atomic mass is 10.1. The number of methoxy groups -OCH3 is 2. The molecule has 5 nitrogen and oxygen atoms in total. The summed E-state index contributed by atoms with van der Waals surface area (Å²) >= 11 is 7.45. The zero-order valence-corrected chi connectivity index (χ0v) is 16.2. The summed E-state index contributed by atoms with van der Waals surface area (Å²) in [6, 6.07) is 13.0. The Labute approximate surface area is 162 Å². The summed E-state index contributed by atoms with van der Waals surface area (Å²) < 4.78 is 10.5. The lowest BCUT2D eigenvalue weighted by molar-refractivity contribution is -0.119. The normalized spacial score (nSPS) is 10.1. The second kappa shape index (κ2) is 9.99. The van der Waals surface area contributed by atoms with E-state index in [0.29, 0.717) is 33.7 Å². The topological polar surface area (TPSA) is 59.6 Å². The molecule has 0 atom stereocenters. The molecule has 0 aliphatic rings. The first kappa shape index (κ1) is 20.0. The van der Waals surface area contributed by atoms with Crippen LogP contribution in [0.5, 0.6) is 11.5 Å². The number of hydrazine groups is 1. The SMILES string of the molecule is C=C(NNC(=O)CSCc1cccc(Cl)c1)c1ccc(OC)c(OC)c1. The van der Waals surface area contributed by atoms with E-state index in [9.17, 15) is 4.79 Å². The molecular formula is C19H21ClN2O3S. The monoisotopic (exact) mass is 392 g/mol. The highest BCUT2D eigenvalue weighted by Gasteiger charge is 2.08. The number of amides is 1. The third-order valence-electron chi connectivity index (χ3n) is 3.48. The van der Waals surface area contributed by atoms with Gasteiger partial charge in [0.15, 0.2) is 11.5 Å². The molecule has 0 bridgehead atoms. The van der Waals surface area contributed by atoms with Crippen molar-refractivity contribution in [3.05, 3.63) is 65.2 Å². The maximum atomic E-state index is 12.0. The Bertz CT molecular complexity index is 783. The van der Waals surface area contributed by atoms with E-state index in [-0.39, 0.29) is 5.91 Å². The first-order chi connectivity index (χ1) is 12.5. The van der Waals surface area contributed by atoms with Gasteiger partial charge < -0.3 is 9.47 Å². The van der Waals surface area contributed by atoms with Crippen LogP contribution in [-0.2, 0) is 10.5 Å². The van der Waals surface area contributed by atoms with Crippen LogP contribution in [0.15, 0.2) is 49.0 Å². The quantitative estimate of drug-likeness (QED) is 0.634. The van der Waals surface area contributed by atoms with Crippen molar-refractivity contribution in [1.82, 2.24) is 10.9 Å². The number of hydrogen-bond donors (Lipinski definition) is 2. The molecule has 0 saturated heterocycles. The van der Waals surface area contributed by atoms with Gasteiger partial charge in [0.2, 0.25) is 5.91 Å². The fraction of sp³-hybridized carbons (Fsp3) is 0.211. The third kappa shape index (κ3) is 5.89. The Morgan fingerprint density at radius 3 is 2.58 bits per heavy atom. The minimum atomic E-state index is -0.140. The van der Waals surface area contributed by atoms with Gasteiger partial charge in [-0.3, -0.25) is 15.6 Å². The molecule has 2 N–H and O–H groups in total.